The van der Waals surface area contributed by atoms with E-state index in [0.29, 0.717) is 6.42 Å². The van der Waals surface area contributed by atoms with Crippen molar-refractivity contribution in [3.05, 3.63) is 33.8 Å². The molecular formula is C14H15Cl2NO5S. The van der Waals surface area contributed by atoms with Crippen LogP contribution < -0.4 is 0 Å². The van der Waals surface area contributed by atoms with Crippen LogP contribution in [0.4, 0.5) is 0 Å². The number of amides is 1. The van der Waals surface area contributed by atoms with Crippen LogP contribution in [0.2, 0.25) is 10.0 Å². The number of esters is 1. The minimum atomic E-state index is -3.09. The van der Waals surface area contributed by atoms with E-state index >= 15 is 0 Å². The standard InChI is InChI=1S/C14H15Cl2NO5S/c1-17(12-2-3-23(20,21)8-12)13(18)7-22-14(19)9-4-10(15)6-11(16)5-9/h4-6,12H,2-3,7-8H2,1H3. The molecule has 1 aromatic carbocycles. The maximum atomic E-state index is 12.0. The van der Waals surface area contributed by atoms with Crippen LogP contribution in [-0.2, 0) is 19.4 Å². The number of likely N-dealkylation sites (N-methyl/N-ethyl adjacent to an activating group) is 1. The largest absolute Gasteiger partial charge is 0.452 e. The van der Waals surface area contributed by atoms with Gasteiger partial charge in [-0.15, -0.1) is 0 Å². The number of nitrogens with zero attached hydrogens (tertiary/aromatic N) is 1. The van der Waals surface area contributed by atoms with Gasteiger partial charge in [0, 0.05) is 23.1 Å². The van der Waals surface area contributed by atoms with Gasteiger partial charge in [0.2, 0.25) is 0 Å². The van der Waals surface area contributed by atoms with E-state index in [1.54, 1.807) is 0 Å². The van der Waals surface area contributed by atoms with E-state index in [1.165, 1.54) is 30.1 Å². The Morgan fingerprint density at radius 1 is 1.26 bits per heavy atom. The van der Waals surface area contributed by atoms with Gasteiger partial charge < -0.3 is 9.64 Å². The van der Waals surface area contributed by atoms with Gasteiger partial charge in [0.25, 0.3) is 5.91 Å². The summed E-state index contributed by atoms with van der Waals surface area (Å²) >= 11 is 11.6. The Morgan fingerprint density at radius 2 is 1.87 bits per heavy atom. The van der Waals surface area contributed by atoms with E-state index < -0.39 is 28.3 Å². The molecule has 1 unspecified atom stereocenters. The third-order valence-electron chi connectivity index (χ3n) is 3.57. The number of rotatable bonds is 4. The molecule has 0 bridgehead atoms. The molecule has 2 rings (SSSR count). The number of benzene rings is 1. The molecule has 126 valence electrons. The third kappa shape index (κ3) is 4.83. The fourth-order valence-electron chi connectivity index (χ4n) is 2.27. The first-order valence-electron chi connectivity index (χ1n) is 6.77. The summed E-state index contributed by atoms with van der Waals surface area (Å²) in [6.07, 6.45) is 0.391. The number of hydrogen-bond acceptors (Lipinski definition) is 5. The van der Waals surface area contributed by atoms with Crippen molar-refractivity contribution in [1.82, 2.24) is 4.90 Å². The summed E-state index contributed by atoms with van der Waals surface area (Å²) in [5.74, 6) is -1.19. The molecule has 0 spiro atoms. The molecule has 0 radical (unpaired) electrons. The Bertz CT molecular complexity index is 714. The molecule has 1 heterocycles. The lowest BCUT2D eigenvalue weighted by molar-refractivity contribution is -0.134. The Kier molecular flexibility index (Phi) is 5.54. The number of sulfone groups is 1. The van der Waals surface area contributed by atoms with Crippen molar-refractivity contribution >= 4 is 44.9 Å². The predicted molar refractivity (Wildman–Crippen MR) is 86.6 cm³/mol. The van der Waals surface area contributed by atoms with E-state index in [4.69, 9.17) is 27.9 Å². The molecule has 1 saturated heterocycles. The lowest BCUT2D eigenvalue weighted by Crippen LogP contribution is -2.40. The molecule has 0 N–H and O–H groups in total. The predicted octanol–water partition coefficient (Wildman–Crippen LogP) is 1.80. The van der Waals surface area contributed by atoms with Crippen LogP contribution >= 0.6 is 23.2 Å². The van der Waals surface area contributed by atoms with E-state index in [-0.39, 0.29) is 33.2 Å². The first-order chi connectivity index (χ1) is 10.7. The van der Waals surface area contributed by atoms with Gasteiger partial charge in [-0.1, -0.05) is 23.2 Å². The topological polar surface area (TPSA) is 80.8 Å². The van der Waals surface area contributed by atoms with Crippen molar-refractivity contribution in [3.8, 4) is 0 Å². The second kappa shape index (κ2) is 7.07. The molecule has 6 nitrogen and oxygen atoms in total. The smallest absolute Gasteiger partial charge is 0.338 e. The van der Waals surface area contributed by atoms with Crippen LogP contribution in [0.15, 0.2) is 18.2 Å². The summed E-state index contributed by atoms with van der Waals surface area (Å²) in [6.45, 7) is -0.476. The molecule has 0 saturated carbocycles. The summed E-state index contributed by atoms with van der Waals surface area (Å²) in [5, 5.41) is 0.563. The summed E-state index contributed by atoms with van der Waals surface area (Å²) in [6, 6.07) is 3.85. The minimum Gasteiger partial charge on any atom is -0.452 e. The van der Waals surface area contributed by atoms with E-state index in [1.807, 2.05) is 0 Å². The van der Waals surface area contributed by atoms with Gasteiger partial charge in [-0.2, -0.15) is 0 Å². The Labute approximate surface area is 144 Å². The average Bonchev–Trinajstić information content (AvgIpc) is 2.82. The van der Waals surface area contributed by atoms with Gasteiger partial charge in [0.05, 0.1) is 17.1 Å². The highest BCUT2D eigenvalue weighted by molar-refractivity contribution is 7.91. The molecule has 1 amide bonds. The molecule has 1 aliphatic rings. The quantitative estimate of drug-likeness (QED) is 0.744. The zero-order chi connectivity index (χ0) is 17.2. The van der Waals surface area contributed by atoms with Crippen molar-refractivity contribution in [2.24, 2.45) is 0 Å². The van der Waals surface area contributed by atoms with Crippen molar-refractivity contribution in [1.29, 1.82) is 0 Å². The van der Waals surface area contributed by atoms with Gasteiger partial charge in [0.1, 0.15) is 0 Å². The SMILES string of the molecule is CN(C(=O)COC(=O)c1cc(Cl)cc(Cl)c1)C1CCS(=O)(=O)C1. The van der Waals surface area contributed by atoms with Crippen LogP contribution in [0, 0.1) is 0 Å². The summed E-state index contributed by atoms with van der Waals surface area (Å²) in [5.41, 5.74) is 0.140. The van der Waals surface area contributed by atoms with Crippen LogP contribution in [0.25, 0.3) is 0 Å². The van der Waals surface area contributed by atoms with Crippen LogP contribution in [0.1, 0.15) is 16.8 Å². The molecule has 1 atom stereocenters. The van der Waals surface area contributed by atoms with Crippen LogP contribution in [0.5, 0.6) is 0 Å². The zero-order valence-corrected chi connectivity index (χ0v) is 14.6. The van der Waals surface area contributed by atoms with Gasteiger partial charge in [0.15, 0.2) is 16.4 Å². The van der Waals surface area contributed by atoms with Crippen LogP contribution in [-0.4, -0.2) is 56.4 Å². The number of hydrogen-bond donors (Lipinski definition) is 0. The fourth-order valence-corrected chi connectivity index (χ4v) is 4.57. The molecule has 1 aromatic rings. The number of carbonyl (C=O) groups is 2. The third-order valence-corrected chi connectivity index (χ3v) is 5.76. The fraction of sp³-hybridized carbons (Fsp3) is 0.429. The molecule has 0 aliphatic carbocycles. The van der Waals surface area contributed by atoms with Crippen LogP contribution in [0.3, 0.4) is 0 Å². The molecule has 0 aromatic heterocycles. The summed E-state index contributed by atoms with van der Waals surface area (Å²) in [7, 11) is -1.59. The maximum Gasteiger partial charge on any atom is 0.338 e. The van der Waals surface area contributed by atoms with Crippen molar-refractivity contribution in [2.75, 3.05) is 25.2 Å². The Morgan fingerprint density at radius 3 is 2.39 bits per heavy atom. The molecular weight excluding hydrogens is 365 g/mol. The highest BCUT2D eigenvalue weighted by atomic mass is 35.5. The maximum absolute atomic E-state index is 12.0. The van der Waals surface area contributed by atoms with E-state index in [0.717, 1.165) is 0 Å². The molecule has 1 aliphatic heterocycles. The molecule has 23 heavy (non-hydrogen) atoms. The minimum absolute atomic E-state index is 0.0624. The Hall–Kier alpha value is -1.31. The highest BCUT2D eigenvalue weighted by Crippen LogP contribution is 2.20. The number of halogens is 2. The van der Waals surface area contributed by atoms with Gasteiger partial charge >= 0.3 is 5.97 Å². The Balaban J connectivity index is 1.92. The number of ether oxygens (including phenoxy) is 1. The second-order valence-corrected chi connectivity index (χ2v) is 8.40. The van der Waals surface area contributed by atoms with E-state index in [9.17, 15) is 18.0 Å². The second-order valence-electron chi connectivity index (χ2n) is 5.30. The van der Waals surface area contributed by atoms with E-state index in [2.05, 4.69) is 0 Å². The van der Waals surface area contributed by atoms with Gasteiger partial charge in [-0.3, -0.25) is 4.79 Å². The summed E-state index contributed by atoms with van der Waals surface area (Å²) < 4.78 is 27.8. The first kappa shape index (κ1) is 18.0. The number of carbonyl (C=O) groups excluding carboxylic acids is 2. The summed E-state index contributed by atoms with van der Waals surface area (Å²) in [4.78, 5) is 25.2. The van der Waals surface area contributed by atoms with Gasteiger partial charge in [-0.25, -0.2) is 13.2 Å². The van der Waals surface area contributed by atoms with Crippen molar-refractivity contribution in [2.45, 2.75) is 12.5 Å². The lowest BCUT2D eigenvalue weighted by atomic mass is 10.2. The molecule has 9 heteroatoms. The van der Waals surface area contributed by atoms with Crippen molar-refractivity contribution < 1.29 is 22.7 Å². The monoisotopic (exact) mass is 379 g/mol. The van der Waals surface area contributed by atoms with Gasteiger partial charge in [-0.05, 0) is 24.6 Å². The lowest BCUT2D eigenvalue weighted by Gasteiger charge is -2.23. The average molecular weight is 380 g/mol. The highest BCUT2D eigenvalue weighted by Gasteiger charge is 2.32. The normalized spacial score (nSPS) is 19.3. The zero-order valence-electron chi connectivity index (χ0n) is 12.3. The first-order valence-corrected chi connectivity index (χ1v) is 9.35. The molecule has 1 fully saturated rings. The van der Waals surface area contributed by atoms with Crippen molar-refractivity contribution in [3.63, 3.8) is 0 Å².